The summed E-state index contributed by atoms with van der Waals surface area (Å²) < 4.78 is 5.44. The van der Waals surface area contributed by atoms with Crippen LogP contribution in [-0.4, -0.2) is 47.8 Å². The highest BCUT2D eigenvalue weighted by atomic mass is 16.6. The molecule has 0 N–H and O–H groups in total. The Bertz CT molecular complexity index is 731. The molecule has 1 aromatic rings. The molecule has 1 amide bonds. The molecule has 158 valence electrons. The van der Waals surface area contributed by atoms with Crippen LogP contribution in [0.1, 0.15) is 52.0 Å². The second-order valence-corrected chi connectivity index (χ2v) is 9.03. The molecule has 1 fully saturated rings. The lowest BCUT2D eigenvalue weighted by molar-refractivity contribution is -0.113. The van der Waals surface area contributed by atoms with Crippen LogP contribution in [-0.2, 0) is 20.8 Å². The van der Waals surface area contributed by atoms with Gasteiger partial charge in [-0.2, -0.15) is 0 Å². The Balaban J connectivity index is 1.42. The molecule has 2 aliphatic rings. The quantitative estimate of drug-likeness (QED) is 0.717. The molecule has 0 radical (unpaired) electrons. The summed E-state index contributed by atoms with van der Waals surface area (Å²) >= 11 is 0. The molecule has 6 nitrogen and oxygen atoms in total. The van der Waals surface area contributed by atoms with Crippen LogP contribution in [0.25, 0.3) is 0 Å². The van der Waals surface area contributed by atoms with Gasteiger partial charge in [-0.1, -0.05) is 35.5 Å². The molecule has 0 aliphatic carbocycles. The number of rotatable bonds is 6. The number of benzene rings is 1. The minimum atomic E-state index is -0.472. The summed E-state index contributed by atoms with van der Waals surface area (Å²) in [5.41, 5.74) is 1.30. The zero-order valence-corrected chi connectivity index (χ0v) is 17.7. The largest absolute Gasteiger partial charge is 0.444 e. The van der Waals surface area contributed by atoms with Crippen molar-refractivity contribution < 1.29 is 19.2 Å². The Hall–Kier alpha value is -2.37. The maximum atomic E-state index is 12.7. The maximum absolute atomic E-state index is 12.7. The standard InChI is InChI=1S/C23H32N2O4/c1-23(2,3)29-22(27)25-13-11-17(12-14-25)9-10-20(26)21-19(16-28-24-21)15-18-7-5-4-6-8-18/h4-8,17,19H,9-16H2,1-3H3/t19-/m1/s1. The first-order valence-corrected chi connectivity index (χ1v) is 10.6. The first-order valence-electron chi connectivity index (χ1n) is 10.6. The number of amides is 1. The van der Waals surface area contributed by atoms with E-state index in [1.165, 1.54) is 5.56 Å². The van der Waals surface area contributed by atoms with E-state index in [9.17, 15) is 9.59 Å². The normalized spacial score (nSPS) is 20.2. The van der Waals surface area contributed by atoms with Crippen molar-refractivity contribution in [3.63, 3.8) is 0 Å². The molecule has 6 heteroatoms. The first kappa shape index (κ1) is 21.3. The van der Waals surface area contributed by atoms with Gasteiger partial charge in [-0.15, -0.1) is 0 Å². The first-order chi connectivity index (χ1) is 13.8. The molecule has 29 heavy (non-hydrogen) atoms. The van der Waals surface area contributed by atoms with E-state index in [1.807, 2.05) is 39.0 Å². The smallest absolute Gasteiger partial charge is 0.410 e. The fraction of sp³-hybridized carbons (Fsp3) is 0.609. The second-order valence-electron chi connectivity index (χ2n) is 9.03. The number of hydrogen-bond acceptors (Lipinski definition) is 5. The van der Waals surface area contributed by atoms with Gasteiger partial charge in [-0.25, -0.2) is 4.79 Å². The Kier molecular flexibility index (Phi) is 6.93. The minimum absolute atomic E-state index is 0.0407. The zero-order valence-electron chi connectivity index (χ0n) is 17.7. The lowest BCUT2D eigenvalue weighted by Crippen LogP contribution is -2.41. The topological polar surface area (TPSA) is 68.2 Å². The highest BCUT2D eigenvalue weighted by Crippen LogP contribution is 2.25. The Morgan fingerprint density at radius 1 is 1.17 bits per heavy atom. The number of likely N-dealkylation sites (tertiary alicyclic amines) is 1. The third-order valence-electron chi connectivity index (χ3n) is 5.48. The summed E-state index contributed by atoms with van der Waals surface area (Å²) in [6, 6.07) is 10.1. The minimum Gasteiger partial charge on any atom is -0.444 e. The van der Waals surface area contributed by atoms with Crippen molar-refractivity contribution in [2.24, 2.45) is 17.0 Å². The second kappa shape index (κ2) is 9.42. The molecule has 0 saturated carbocycles. The molecule has 0 spiro atoms. The molecule has 1 atom stereocenters. The number of carbonyl (C=O) groups excluding carboxylic acids is 2. The van der Waals surface area contributed by atoms with Gasteiger partial charge in [0.1, 0.15) is 17.9 Å². The van der Waals surface area contributed by atoms with Gasteiger partial charge in [-0.3, -0.25) is 4.79 Å². The van der Waals surface area contributed by atoms with Gasteiger partial charge < -0.3 is 14.5 Å². The van der Waals surface area contributed by atoms with Crippen LogP contribution in [0, 0.1) is 11.8 Å². The van der Waals surface area contributed by atoms with Gasteiger partial charge >= 0.3 is 6.09 Å². The number of carbonyl (C=O) groups is 2. The monoisotopic (exact) mass is 400 g/mol. The van der Waals surface area contributed by atoms with Gasteiger partial charge in [0, 0.05) is 25.4 Å². The van der Waals surface area contributed by atoms with Crippen LogP contribution in [0.4, 0.5) is 4.79 Å². The highest BCUT2D eigenvalue weighted by Gasteiger charge is 2.31. The van der Waals surface area contributed by atoms with E-state index in [1.54, 1.807) is 4.90 Å². The van der Waals surface area contributed by atoms with Crippen molar-refractivity contribution in [3.8, 4) is 0 Å². The molecule has 0 aromatic heterocycles. The Morgan fingerprint density at radius 2 is 1.86 bits per heavy atom. The van der Waals surface area contributed by atoms with Crippen molar-refractivity contribution in [2.45, 2.75) is 58.5 Å². The third kappa shape index (κ3) is 6.31. The summed E-state index contributed by atoms with van der Waals surface area (Å²) in [7, 11) is 0. The van der Waals surface area contributed by atoms with Crippen molar-refractivity contribution >= 4 is 17.6 Å². The van der Waals surface area contributed by atoms with E-state index in [2.05, 4.69) is 17.3 Å². The summed E-state index contributed by atoms with van der Waals surface area (Å²) in [4.78, 5) is 31.9. The number of hydrogen-bond donors (Lipinski definition) is 0. The molecular weight excluding hydrogens is 368 g/mol. The van der Waals surface area contributed by atoms with Crippen molar-refractivity contribution in [3.05, 3.63) is 35.9 Å². The van der Waals surface area contributed by atoms with E-state index in [0.29, 0.717) is 37.7 Å². The molecule has 2 heterocycles. The Labute approximate surface area is 173 Å². The van der Waals surface area contributed by atoms with Gasteiger partial charge in [0.2, 0.25) is 0 Å². The fourth-order valence-electron chi connectivity index (χ4n) is 3.88. The van der Waals surface area contributed by atoms with Crippen LogP contribution >= 0.6 is 0 Å². The molecule has 1 saturated heterocycles. The van der Waals surface area contributed by atoms with E-state index in [4.69, 9.17) is 9.57 Å². The molecule has 2 aliphatic heterocycles. The summed E-state index contributed by atoms with van der Waals surface area (Å²) in [5.74, 6) is 0.588. The van der Waals surface area contributed by atoms with E-state index >= 15 is 0 Å². The third-order valence-corrected chi connectivity index (χ3v) is 5.48. The SMILES string of the molecule is CC(C)(C)OC(=O)N1CCC(CCC(=O)C2=NOC[C@H]2Cc2ccccc2)CC1. The lowest BCUT2D eigenvalue weighted by atomic mass is 9.88. The predicted molar refractivity (Wildman–Crippen MR) is 112 cm³/mol. The number of ether oxygens (including phenoxy) is 1. The number of piperidine rings is 1. The number of nitrogens with zero attached hydrogens (tertiary/aromatic N) is 2. The zero-order chi connectivity index (χ0) is 20.9. The fourth-order valence-corrected chi connectivity index (χ4v) is 3.88. The highest BCUT2D eigenvalue weighted by molar-refractivity contribution is 6.40. The summed E-state index contributed by atoms with van der Waals surface area (Å²) in [6.45, 7) is 7.49. The van der Waals surface area contributed by atoms with Crippen LogP contribution in [0.3, 0.4) is 0 Å². The number of Topliss-reactive ketones (excluding diaryl/α,β-unsaturated/α-hetero) is 1. The van der Waals surface area contributed by atoms with Crippen molar-refractivity contribution in [1.29, 1.82) is 0 Å². The molecule has 1 aromatic carbocycles. The predicted octanol–water partition coefficient (Wildman–Crippen LogP) is 4.23. The van der Waals surface area contributed by atoms with Crippen LogP contribution in [0.15, 0.2) is 35.5 Å². The van der Waals surface area contributed by atoms with Gasteiger partial charge in [-0.05, 0) is 57.9 Å². The Morgan fingerprint density at radius 3 is 2.52 bits per heavy atom. The van der Waals surface area contributed by atoms with Gasteiger partial charge in [0.25, 0.3) is 0 Å². The summed E-state index contributed by atoms with van der Waals surface area (Å²) in [5, 5.41) is 4.04. The van der Waals surface area contributed by atoms with Gasteiger partial charge in [0.05, 0.1) is 0 Å². The van der Waals surface area contributed by atoms with Crippen LogP contribution in [0.5, 0.6) is 0 Å². The average Bonchev–Trinajstić information content (AvgIpc) is 3.14. The number of oxime groups is 1. The van der Waals surface area contributed by atoms with Crippen molar-refractivity contribution in [2.75, 3.05) is 19.7 Å². The maximum Gasteiger partial charge on any atom is 0.410 e. The molecule has 3 rings (SSSR count). The van der Waals surface area contributed by atoms with Crippen LogP contribution < -0.4 is 0 Å². The molecule has 0 bridgehead atoms. The van der Waals surface area contributed by atoms with Crippen LogP contribution in [0.2, 0.25) is 0 Å². The molecule has 0 unspecified atom stereocenters. The average molecular weight is 401 g/mol. The van der Waals surface area contributed by atoms with E-state index in [0.717, 1.165) is 25.7 Å². The summed E-state index contributed by atoms with van der Waals surface area (Å²) in [6.07, 6.45) is 3.67. The van der Waals surface area contributed by atoms with Gasteiger partial charge in [0.15, 0.2) is 5.78 Å². The number of ketones is 1. The molecular formula is C23H32N2O4. The van der Waals surface area contributed by atoms with E-state index < -0.39 is 5.60 Å². The van der Waals surface area contributed by atoms with Crippen molar-refractivity contribution in [1.82, 2.24) is 4.90 Å². The lowest BCUT2D eigenvalue weighted by Gasteiger charge is -2.33. The van der Waals surface area contributed by atoms with E-state index in [-0.39, 0.29) is 17.8 Å².